The van der Waals surface area contributed by atoms with Crippen molar-refractivity contribution in [1.82, 2.24) is 9.80 Å². The number of piperazine rings is 1. The van der Waals surface area contributed by atoms with Crippen molar-refractivity contribution >= 4 is 21.8 Å². The normalized spacial score (nSPS) is 14.6. The summed E-state index contributed by atoms with van der Waals surface area (Å²) in [4.78, 5) is 17.1. The number of nitrogens with zero attached hydrogens (tertiary/aromatic N) is 2. The van der Waals surface area contributed by atoms with Gasteiger partial charge in [0.05, 0.1) is 6.04 Å². The molecule has 0 bridgehead atoms. The van der Waals surface area contributed by atoms with Gasteiger partial charge in [-0.3, -0.25) is 9.69 Å². The molecule has 4 nitrogen and oxygen atoms in total. The first kappa shape index (κ1) is 21.6. The Balaban J connectivity index is 1.39. The molecule has 31 heavy (non-hydrogen) atoms. The van der Waals surface area contributed by atoms with E-state index in [9.17, 15) is 4.79 Å². The topological polar surface area (TPSA) is 32.8 Å². The third-order valence-electron chi connectivity index (χ3n) is 5.75. The number of rotatable bonds is 6. The van der Waals surface area contributed by atoms with E-state index in [1.54, 1.807) is 0 Å². The zero-order chi connectivity index (χ0) is 21.6. The predicted molar refractivity (Wildman–Crippen MR) is 127 cm³/mol. The first-order chi connectivity index (χ1) is 15.1. The number of ether oxygens (including phenoxy) is 1. The summed E-state index contributed by atoms with van der Waals surface area (Å²) >= 11 is 3.45. The molecule has 1 fully saturated rings. The lowest BCUT2D eigenvalue weighted by Crippen LogP contribution is -2.51. The van der Waals surface area contributed by atoms with Crippen molar-refractivity contribution in [1.29, 1.82) is 0 Å². The summed E-state index contributed by atoms with van der Waals surface area (Å²) < 4.78 is 6.80. The number of hydrogen-bond acceptors (Lipinski definition) is 3. The summed E-state index contributed by atoms with van der Waals surface area (Å²) in [6.45, 7) is 5.13. The van der Waals surface area contributed by atoms with E-state index in [-0.39, 0.29) is 18.6 Å². The fourth-order valence-electron chi connectivity index (χ4n) is 4.12. The van der Waals surface area contributed by atoms with Gasteiger partial charge in [0.2, 0.25) is 0 Å². The second kappa shape index (κ2) is 10.1. The van der Waals surface area contributed by atoms with Crippen molar-refractivity contribution in [3.63, 3.8) is 0 Å². The van der Waals surface area contributed by atoms with Gasteiger partial charge in [-0.25, -0.2) is 0 Å². The van der Waals surface area contributed by atoms with E-state index in [0.717, 1.165) is 28.9 Å². The summed E-state index contributed by atoms with van der Waals surface area (Å²) in [5.74, 6) is 0.793. The van der Waals surface area contributed by atoms with Gasteiger partial charge in [-0.05, 0) is 41.8 Å². The van der Waals surface area contributed by atoms with Crippen LogP contribution in [0.1, 0.15) is 22.7 Å². The van der Waals surface area contributed by atoms with Crippen LogP contribution in [0.25, 0.3) is 0 Å². The van der Waals surface area contributed by atoms with Gasteiger partial charge in [-0.1, -0.05) is 76.6 Å². The van der Waals surface area contributed by atoms with Crippen molar-refractivity contribution in [2.75, 3.05) is 32.8 Å². The molecule has 0 N–H and O–H groups in total. The Bertz CT molecular complexity index is 963. The molecule has 1 heterocycles. The number of halogens is 1. The highest BCUT2D eigenvalue weighted by Gasteiger charge is 2.28. The summed E-state index contributed by atoms with van der Waals surface area (Å²) in [6, 6.07) is 27.2. The van der Waals surface area contributed by atoms with Crippen LogP contribution in [-0.4, -0.2) is 48.5 Å². The largest absolute Gasteiger partial charge is 0.483 e. The number of hydrogen-bond donors (Lipinski definition) is 0. The van der Waals surface area contributed by atoms with Crippen molar-refractivity contribution in [3.05, 3.63) is 100 Å². The van der Waals surface area contributed by atoms with Crippen LogP contribution in [0.4, 0.5) is 0 Å². The van der Waals surface area contributed by atoms with Crippen LogP contribution in [0, 0.1) is 6.92 Å². The highest BCUT2D eigenvalue weighted by molar-refractivity contribution is 9.10. The summed E-state index contributed by atoms with van der Waals surface area (Å²) in [7, 11) is 0. The summed E-state index contributed by atoms with van der Waals surface area (Å²) in [5, 5.41) is 0. The monoisotopic (exact) mass is 478 g/mol. The molecule has 0 spiro atoms. The molecule has 0 saturated carbocycles. The van der Waals surface area contributed by atoms with E-state index >= 15 is 0 Å². The lowest BCUT2D eigenvalue weighted by atomic mass is 9.96. The quantitative estimate of drug-likeness (QED) is 0.495. The molecule has 1 aliphatic rings. The molecule has 0 atom stereocenters. The average Bonchev–Trinajstić information content (AvgIpc) is 2.80. The smallest absolute Gasteiger partial charge is 0.260 e. The van der Waals surface area contributed by atoms with E-state index in [4.69, 9.17) is 4.74 Å². The van der Waals surface area contributed by atoms with Gasteiger partial charge in [-0.2, -0.15) is 0 Å². The molecule has 0 unspecified atom stereocenters. The Morgan fingerprint density at radius 3 is 2.03 bits per heavy atom. The maximum absolute atomic E-state index is 12.7. The second-order valence-electron chi connectivity index (χ2n) is 7.84. The zero-order valence-corrected chi connectivity index (χ0v) is 19.3. The van der Waals surface area contributed by atoms with E-state index in [2.05, 4.69) is 81.5 Å². The van der Waals surface area contributed by atoms with Gasteiger partial charge in [0.25, 0.3) is 5.91 Å². The highest BCUT2D eigenvalue weighted by Crippen LogP contribution is 2.29. The van der Waals surface area contributed by atoms with Gasteiger partial charge < -0.3 is 9.64 Å². The molecule has 3 aromatic carbocycles. The minimum atomic E-state index is 0.0398. The van der Waals surface area contributed by atoms with E-state index in [1.807, 2.05) is 30.0 Å². The molecule has 3 aromatic rings. The lowest BCUT2D eigenvalue weighted by molar-refractivity contribution is -0.135. The van der Waals surface area contributed by atoms with Crippen LogP contribution in [0.15, 0.2) is 83.3 Å². The average molecular weight is 479 g/mol. The van der Waals surface area contributed by atoms with E-state index < -0.39 is 0 Å². The molecule has 160 valence electrons. The fraction of sp³-hybridized carbons (Fsp3) is 0.269. The molecule has 0 radical (unpaired) electrons. The molecule has 5 heteroatoms. The fourth-order valence-corrected chi connectivity index (χ4v) is 4.60. The number of aryl methyl sites for hydroxylation is 1. The van der Waals surface area contributed by atoms with Crippen LogP contribution in [-0.2, 0) is 4.79 Å². The predicted octanol–water partition coefficient (Wildman–Crippen LogP) is 5.07. The van der Waals surface area contributed by atoms with Crippen molar-refractivity contribution < 1.29 is 9.53 Å². The van der Waals surface area contributed by atoms with Crippen LogP contribution in [0.5, 0.6) is 5.75 Å². The first-order valence-corrected chi connectivity index (χ1v) is 11.4. The van der Waals surface area contributed by atoms with Gasteiger partial charge in [-0.15, -0.1) is 0 Å². The molecule has 0 aromatic heterocycles. The Morgan fingerprint density at radius 1 is 0.903 bits per heavy atom. The molecular formula is C26H27BrN2O2. The maximum Gasteiger partial charge on any atom is 0.260 e. The molecule has 1 aliphatic heterocycles. The minimum absolute atomic E-state index is 0.0398. The van der Waals surface area contributed by atoms with Crippen molar-refractivity contribution in [2.45, 2.75) is 13.0 Å². The molecule has 1 saturated heterocycles. The third-order valence-corrected chi connectivity index (χ3v) is 6.24. The Labute approximate surface area is 192 Å². The number of amides is 1. The minimum Gasteiger partial charge on any atom is -0.483 e. The number of carbonyl (C=O) groups is 1. The zero-order valence-electron chi connectivity index (χ0n) is 17.7. The number of carbonyl (C=O) groups excluding carboxylic acids is 1. The standard InChI is InChI=1S/C26H27BrN2O2/c1-20-18-23(27)12-13-24(20)31-19-25(30)28-14-16-29(17-15-28)26(21-8-4-2-5-9-21)22-10-6-3-7-11-22/h2-13,18,26H,14-17,19H2,1H3. The summed E-state index contributed by atoms with van der Waals surface area (Å²) in [6.07, 6.45) is 0. The van der Waals surface area contributed by atoms with Crippen LogP contribution in [0.2, 0.25) is 0 Å². The van der Waals surface area contributed by atoms with Gasteiger partial charge >= 0.3 is 0 Å². The van der Waals surface area contributed by atoms with Crippen LogP contribution >= 0.6 is 15.9 Å². The van der Waals surface area contributed by atoms with Crippen LogP contribution < -0.4 is 4.74 Å². The van der Waals surface area contributed by atoms with Crippen molar-refractivity contribution in [3.8, 4) is 5.75 Å². The molecule has 4 rings (SSSR count). The third kappa shape index (κ3) is 5.35. The SMILES string of the molecule is Cc1cc(Br)ccc1OCC(=O)N1CCN(C(c2ccccc2)c2ccccc2)CC1. The maximum atomic E-state index is 12.7. The van der Waals surface area contributed by atoms with E-state index in [1.165, 1.54) is 11.1 Å². The first-order valence-electron chi connectivity index (χ1n) is 10.6. The van der Waals surface area contributed by atoms with Gasteiger partial charge in [0.1, 0.15) is 5.75 Å². The molecular weight excluding hydrogens is 452 g/mol. The second-order valence-corrected chi connectivity index (χ2v) is 8.75. The molecule has 0 aliphatic carbocycles. The van der Waals surface area contributed by atoms with Gasteiger partial charge in [0.15, 0.2) is 6.61 Å². The van der Waals surface area contributed by atoms with Crippen LogP contribution in [0.3, 0.4) is 0 Å². The Hall–Kier alpha value is -2.63. The Morgan fingerprint density at radius 2 is 1.48 bits per heavy atom. The van der Waals surface area contributed by atoms with E-state index in [0.29, 0.717) is 13.1 Å². The summed E-state index contributed by atoms with van der Waals surface area (Å²) in [5.41, 5.74) is 3.57. The highest BCUT2D eigenvalue weighted by atomic mass is 79.9. The number of benzene rings is 3. The molecule has 1 amide bonds. The lowest BCUT2D eigenvalue weighted by Gasteiger charge is -2.39. The van der Waals surface area contributed by atoms with Crippen molar-refractivity contribution in [2.24, 2.45) is 0 Å². The Kier molecular flexibility index (Phi) is 7.05. The van der Waals surface area contributed by atoms with Gasteiger partial charge in [0, 0.05) is 30.7 Å².